The van der Waals surface area contributed by atoms with Gasteiger partial charge in [-0.05, 0) is 73.9 Å². The number of hydrazone groups is 1. The molecule has 3 amide bonds. The number of halogens is 2. The van der Waals surface area contributed by atoms with Crippen molar-refractivity contribution in [3.63, 3.8) is 0 Å². The number of ether oxygens (including phenoxy) is 5. The lowest BCUT2D eigenvalue weighted by Crippen LogP contribution is -2.45. The molecule has 0 bridgehead atoms. The normalized spacial score (nSPS) is 14.3. The van der Waals surface area contributed by atoms with Crippen LogP contribution in [-0.4, -0.2) is 51.1 Å². The minimum absolute atomic E-state index is 0.0779. The van der Waals surface area contributed by atoms with Crippen LogP contribution >= 0.6 is 11.6 Å². The molecule has 0 saturated carbocycles. The van der Waals surface area contributed by atoms with Gasteiger partial charge in [-0.3, -0.25) is 4.79 Å². The molecule has 1 aliphatic heterocycles. The lowest BCUT2D eigenvalue weighted by Gasteiger charge is -2.28. The second kappa shape index (κ2) is 16.3. The lowest BCUT2D eigenvalue weighted by atomic mass is 9.95. The minimum atomic E-state index is -0.797. The number of nitrogens with one attached hydrogen (secondary N) is 3. The molecule has 4 rings (SSSR count). The largest absolute Gasteiger partial charge is 0.493 e. The van der Waals surface area contributed by atoms with Gasteiger partial charge in [0.25, 0.3) is 5.91 Å². The molecule has 1 atom stereocenters. The second-order valence-corrected chi connectivity index (χ2v) is 10.4. The van der Waals surface area contributed by atoms with E-state index in [0.717, 1.165) is 0 Å². The monoisotopic (exact) mass is 668 g/mol. The highest BCUT2D eigenvalue weighted by atomic mass is 35.5. The van der Waals surface area contributed by atoms with Crippen molar-refractivity contribution in [3.8, 4) is 23.0 Å². The zero-order chi connectivity index (χ0) is 33.9. The molecule has 47 heavy (non-hydrogen) atoms. The quantitative estimate of drug-likeness (QED) is 0.121. The van der Waals surface area contributed by atoms with Crippen LogP contribution in [0.1, 0.15) is 43.5 Å². The molecule has 12 nitrogen and oxygen atoms in total. The van der Waals surface area contributed by atoms with Crippen molar-refractivity contribution in [1.82, 2.24) is 16.1 Å². The fraction of sp³-hybridized carbons (Fsp3) is 0.273. The third-order valence-corrected chi connectivity index (χ3v) is 6.93. The molecule has 248 valence electrons. The molecule has 1 aliphatic rings. The summed E-state index contributed by atoms with van der Waals surface area (Å²) in [6, 6.07) is 12.8. The summed E-state index contributed by atoms with van der Waals surface area (Å²) in [6.45, 7) is 5.28. The third-order valence-electron chi connectivity index (χ3n) is 6.65. The third kappa shape index (κ3) is 9.13. The van der Waals surface area contributed by atoms with Gasteiger partial charge in [0.1, 0.15) is 12.4 Å². The Bertz CT molecular complexity index is 1700. The van der Waals surface area contributed by atoms with E-state index in [1.165, 1.54) is 25.5 Å². The van der Waals surface area contributed by atoms with Gasteiger partial charge in [-0.15, -0.1) is 0 Å². The van der Waals surface area contributed by atoms with Crippen LogP contribution in [0, 0.1) is 5.82 Å². The number of carbonyl (C=O) groups excluding carboxylic acids is 3. The Hall–Kier alpha value is -5.30. The average molecular weight is 669 g/mol. The molecule has 0 aromatic heterocycles. The van der Waals surface area contributed by atoms with Gasteiger partial charge in [0, 0.05) is 5.70 Å². The van der Waals surface area contributed by atoms with Crippen LogP contribution in [0.3, 0.4) is 0 Å². The molecular weight excluding hydrogens is 635 g/mol. The number of esters is 1. The molecule has 3 aromatic rings. The van der Waals surface area contributed by atoms with Crippen molar-refractivity contribution >= 4 is 35.7 Å². The van der Waals surface area contributed by atoms with Crippen LogP contribution in [0.2, 0.25) is 5.02 Å². The van der Waals surface area contributed by atoms with Gasteiger partial charge in [-0.1, -0.05) is 29.8 Å². The number of rotatable bonds is 14. The summed E-state index contributed by atoms with van der Waals surface area (Å²) >= 11 is 6.46. The maximum absolute atomic E-state index is 13.5. The van der Waals surface area contributed by atoms with Gasteiger partial charge in [-0.25, -0.2) is 19.4 Å². The Kier molecular flexibility index (Phi) is 12.0. The van der Waals surface area contributed by atoms with Crippen molar-refractivity contribution in [2.75, 3.05) is 26.9 Å². The molecule has 3 aromatic carbocycles. The standard InChI is InChI=1S/C33H34ClFN4O8/c1-5-44-27-14-21(13-24(34)31(27)47-17-20-8-7-9-23(35)12-20)16-36-39-28(40)18-46-25-11-10-22(15-26(25)43-4)30-29(32(41)45-6-2)19(3)37-33(42)38-30/h7-16,30H,5-6,17-18H2,1-4H3,(H,39,40)(H2,37,38,42)/b36-16-/t30-/m1/s1. The molecule has 0 saturated heterocycles. The number of benzene rings is 3. The van der Waals surface area contributed by atoms with Gasteiger partial charge in [-0.2, -0.15) is 5.10 Å². The molecule has 0 unspecified atom stereocenters. The van der Waals surface area contributed by atoms with E-state index in [-0.39, 0.29) is 46.9 Å². The van der Waals surface area contributed by atoms with Crippen LogP contribution in [0.25, 0.3) is 0 Å². The predicted molar refractivity (Wildman–Crippen MR) is 171 cm³/mol. The molecule has 0 radical (unpaired) electrons. The summed E-state index contributed by atoms with van der Waals surface area (Å²) in [6.07, 6.45) is 1.38. The Labute approximate surface area is 275 Å². The number of carbonyl (C=O) groups is 3. The fourth-order valence-corrected chi connectivity index (χ4v) is 4.88. The topological polar surface area (TPSA) is 146 Å². The van der Waals surface area contributed by atoms with Gasteiger partial charge in [0.15, 0.2) is 29.6 Å². The summed E-state index contributed by atoms with van der Waals surface area (Å²) < 4.78 is 41.3. The van der Waals surface area contributed by atoms with Crippen molar-refractivity contribution < 1.29 is 42.5 Å². The highest BCUT2D eigenvalue weighted by Gasteiger charge is 2.32. The summed E-state index contributed by atoms with van der Waals surface area (Å²) in [4.78, 5) is 37.3. The molecule has 1 heterocycles. The number of hydrogen-bond donors (Lipinski definition) is 3. The van der Waals surface area contributed by atoms with Crippen LogP contribution < -0.4 is 35.0 Å². The maximum Gasteiger partial charge on any atom is 0.338 e. The first kappa shape index (κ1) is 34.6. The zero-order valence-corrected chi connectivity index (χ0v) is 26.9. The lowest BCUT2D eigenvalue weighted by molar-refractivity contribution is -0.139. The van der Waals surface area contributed by atoms with Crippen molar-refractivity contribution in [2.45, 2.75) is 33.4 Å². The van der Waals surface area contributed by atoms with E-state index >= 15 is 0 Å². The first-order chi connectivity index (χ1) is 22.6. The maximum atomic E-state index is 13.5. The molecule has 14 heteroatoms. The highest BCUT2D eigenvalue weighted by Crippen LogP contribution is 2.37. The second-order valence-electron chi connectivity index (χ2n) is 9.96. The predicted octanol–water partition coefficient (Wildman–Crippen LogP) is 5.19. The highest BCUT2D eigenvalue weighted by molar-refractivity contribution is 6.32. The molecule has 3 N–H and O–H groups in total. The Morgan fingerprint density at radius 1 is 1.02 bits per heavy atom. The van der Waals surface area contributed by atoms with Gasteiger partial charge in [0.05, 0.1) is 43.2 Å². The number of methoxy groups -OCH3 is 1. The summed E-state index contributed by atoms with van der Waals surface area (Å²) in [5, 5.41) is 9.52. The first-order valence-corrected chi connectivity index (χ1v) is 14.9. The summed E-state index contributed by atoms with van der Waals surface area (Å²) in [7, 11) is 1.42. The van der Waals surface area contributed by atoms with E-state index in [1.54, 1.807) is 63.2 Å². The van der Waals surface area contributed by atoms with Crippen molar-refractivity contribution in [1.29, 1.82) is 0 Å². The number of nitrogens with zero attached hydrogens (tertiary/aromatic N) is 1. The molecular formula is C33H34ClFN4O8. The van der Waals surface area contributed by atoms with E-state index in [1.807, 2.05) is 0 Å². The summed E-state index contributed by atoms with van der Waals surface area (Å²) in [5.41, 5.74) is 4.68. The van der Waals surface area contributed by atoms with Crippen LogP contribution in [0.5, 0.6) is 23.0 Å². The minimum Gasteiger partial charge on any atom is -0.493 e. The number of hydrogen-bond acceptors (Lipinski definition) is 9. The van der Waals surface area contributed by atoms with Crippen LogP contribution in [-0.2, 0) is 20.9 Å². The van der Waals surface area contributed by atoms with Gasteiger partial charge < -0.3 is 34.3 Å². The number of urea groups is 1. The van der Waals surface area contributed by atoms with E-state index in [9.17, 15) is 18.8 Å². The van der Waals surface area contributed by atoms with Crippen LogP contribution in [0.4, 0.5) is 9.18 Å². The molecule has 0 spiro atoms. The average Bonchev–Trinajstić information content (AvgIpc) is 3.03. The Morgan fingerprint density at radius 2 is 1.83 bits per heavy atom. The molecule has 0 fully saturated rings. The zero-order valence-electron chi connectivity index (χ0n) is 26.1. The van der Waals surface area contributed by atoms with Crippen LogP contribution in [0.15, 0.2) is 71.0 Å². The first-order valence-electron chi connectivity index (χ1n) is 14.5. The van der Waals surface area contributed by atoms with E-state index in [0.29, 0.717) is 34.7 Å². The SMILES string of the molecule is CCOC(=O)C1=C(C)NC(=O)N[C@@H]1c1ccc(OCC(=O)N/N=C\c2cc(Cl)c(OCc3cccc(F)c3)c(OCC)c2)c(OC)c1. The van der Waals surface area contributed by atoms with Gasteiger partial charge in [0.2, 0.25) is 0 Å². The van der Waals surface area contributed by atoms with E-state index < -0.39 is 30.6 Å². The summed E-state index contributed by atoms with van der Waals surface area (Å²) in [5.74, 6) is -0.347. The van der Waals surface area contributed by atoms with Crippen molar-refractivity contribution in [3.05, 3.63) is 93.4 Å². The number of allylic oxidation sites excluding steroid dienone is 1. The Morgan fingerprint density at radius 3 is 2.55 bits per heavy atom. The molecule has 0 aliphatic carbocycles. The fourth-order valence-electron chi connectivity index (χ4n) is 4.61. The Balaban J connectivity index is 1.39. The smallest absolute Gasteiger partial charge is 0.338 e. The van der Waals surface area contributed by atoms with E-state index in [2.05, 4.69) is 21.2 Å². The van der Waals surface area contributed by atoms with Crippen molar-refractivity contribution in [2.24, 2.45) is 5.10 Å². The van der Waals surface area contributed by atoms with E-state index in [4.69, 9.17) is 35.3 Å². The number of amides is 3. The van der Waals surface area contributed by atoms with Gasteiger partial charge >= 0.3 is 12.0 Å².